The van der Waals surface area contributed by atoms with Crippen LogP contribution in [0.1, 0.15) is 36.9 Å². The summed E-state index contributed by atoms with van der Waals surface area (Å²) in [4.78, 5) is 7.04. The number of nitrogens with zero attached hydrogens (tertiary/aromatic N) is 2. The zero-order chi connectivity index (χ0) is 12.3. The highest BCUT2D eigenvalue weighted by atomic mass is 32.2. The Hall–Kier alpha value is -0.0600. The lowest BCUT2D eigenvalue weighted by molar-refractivity contribution is 0.235. The van der Waals surface area contributed by atoms with Crippen LogP contribution in [0.25, 0.3) is 0 Å². The molecule has 1 aliphatic rings. The van der Waals surface area contributed by atoms with E-state index >= 15 is 0 Å². The zero-order valence-electron chi connectivity index (χ0n) is 11.0. The topological polar surface area (TPSA) is 16.1 Å². The van der Waals surface area contributed by atoms with Gasteiger partial charge in [-0.1, -0.05) is 6.92 Å². The number of rotatable bonds is 5. The molecule has 1 heterocycles. The van der Waals surface area contributed by atoms with Crippen LogP contribution in [0.3, 0.4) is 0 Å². The molecule has 2 atom stereocenters. The standard InChI is InChI=1S/C13H22N2S2/c1-4-16-13-6-5-12(7-13)15(3)8-11-9-17-10(2)14-11/h9,12-13H,4-8H2,1-3H3/t12-,13-/m1/s1. The summed E-state index contributed by atoms with van der Waals surface area (Å²) in [7, 11) is 2.25. The fraction of sp³-hybridized carbons (Fsp3) is 0.769. The van der Waals surface area contributed by atoms with Crippen molar-refractivity contribution in [3.63, 3.8) is 0 Å². The van der Waals surface area contributed by atoms with E-state index in [0.717, 1.165) is 17.8 Å². The van der Waals surface area contributed by atoms with Gasteiger partial charge in [0.2, 0.25) is 0 Å². The molecule has 0 radical (unpaired) electrons. The molecule has 1 aromatic heterocycles. The molecule has 0 saturated heterocycles. The molecule has 1 aromatic rings. The lowest BCUT2D eigenvalue weighted by Gasteiger charge is -2.23. The van der Waals surface area contributed by atoms with Gasteiger partial charge in [-0.15, -0.1) is 11.3 Å². The van der Waals surface area contributed by atoms with E-state index in [-0.39, 0.29) is 0 Å². The predicted molar refractivity (Wildman–Crippen MR) is 77.9 cm³/mol. The maximum absolute atomic E-state index is 4.55. The van der Waals surface area contributed by atoms with Gasteiger partial charge in [0.05, 0.1) is 10.7 Å². The highest BCUT2D eigenvalue weighted by Gasteiger charge is 2.27. The van der Waals surface area contributed by atoms with Crippen LogP contribution < -0.4 is 0 Å². The van der Waals surface area contributed by atoms with Crippen LogP contribution in [0.4, 0.5) is 0 Å². The third-order valence-corrected chi connectivity index (χ3v) is 5.52. The molecule has 17 heavy (non-hydrogen) atoms. The van der Waals surface area contributed by atoms with Crippen LogP contribution in [0.5, 0.6) is 0 Å². The first-order chi connectivity index (χ1) is 8.19. The Morgan fingerprint density at radius 3 is 3.00 bits per heavy atom. The van der Waals surface area contributed by atoms with E-state index in [1.807, 2.05) is 0 Å². The molecule has 1 saturated carbocycles. The van der Waals surface area contributed by atoms with Crippen molar-refractivity contribution < 1.29 is 0 Å². The summed E-state index contributed by atoms with van der Waals surface area (Å²) in [5.74, 6) is 1.26. The van der Waals surface area contributed by atoms with Crippen LogP contribution in [-0.2, 0) is 6.54 Å². The van der Waals surface area contributed by atoms with Crippen molar-refractivity contribution in [2.75, 3.05) is 12.8 Å². The highest BCUT2D eigenvalue weighted by Crippen LogP contribution is 2.32. The molecule has 2 rings (SSSR count). The van der Waals surface area contributed by atoms with Crippen molar-refractivity contribution in [2.24, 2.45) is 0 Å². The van der Waals surface area contributed by atoms with Gasteiger partial charge in [0.1, 0.15) is 0 Å². The Bertz CT molecular complexity index is 351. The molecule has 0 amide bonds. The van der Waals surface area contributed by atoms with Gasteiger partial charge < -0.3 is 0 Å². The van der Waals surface area contributed by atoms with Gasteiger partial charge in [-0.05, 0) is 39.0 Å². The lowest BCUT2D eigenvalue weighted by Crippen LogP contribution is -2.29. The van der Waals surface area contributed by atoms with Gasteiger partial charge in [-0.2, -0.15) is 11.8 Å². The van der Waals surface area contributed by atoms with E-state index in [0.29, 0.717) is 0 Å². The normalized spacial score (nSPS) is 24.7. The Labute approximate surface area is 113 Å². The van der Waals surface area contributed by atoms with Crippen LogP contribution in [0, 0.1) is 6.92 Å². The Kier molecular flexibility index (Phi) is 4.88. The summed E-state index contributed by atoms with van der Waals surface area (Å²) >= 11 is 3.89. The highest BCUT2D eigenvalue weighted by molar-refractivity contribution is 7.99. The smallest absolute Gasteiger partial charge is 0.0897 e. The molecule has 2 nitrogen and oxygen atoms in total. The first-order valence-corrected chi connectivity index (χ1v) is 8.34. The second-order valence-electron chi connectivity index (χ2n) is 4.82. The lowest BCUT2D eigenvalue weighted by atomic mass is 10.2. The van der Waals surface area contributed by atoms with Gasteiger partial charge in [0, 0.05) is 23.2 Å². The number of aromatic nitrogens is 1. The molecular weight excluding hydrogens is 248 g/mol. The molecular formula is C13H22N2S2. The summed E-state index contributed by atoms with van der Waals surface area (Å²) < 4.78 is 0. The minimum absolute atomic E-state index is 0.765. The summed E-state index contributed by atoms with van der Waals surface area (Å²) in [6, 6.07) is 0.765. The van der Waals surface area contributed by atoms with Gasteiger partial charge in [-0.25, -0.2) is 4.98 Å². The number of thiazole rings is 1. The SMILES string of the molecule is CCS[C@@H]1CC[C@@H](N(C)Cc2csc(C)n2)C1. The minimum atomic E-state index is 0.765. The number of thioether (sulfide) groups is 1. The molecule has 0 aliphatic heterocycles. The van der Waals surface area contributed by atoms with Crippen LogP contribution in [0.2, 0.25) is 0 Å². The van der Waals surface area contributed by atoms with E-state index in [9.17, 15) is 0 Å². The van der Waals surface area contributed by atoms with Crippen molar-refractivity contribution in [3.05, 3.63) is 16.1 Å². The largest absolute Gasteiger partial charge is 0.298 e. The fourth-order valence-corrected chi connectivity index (χ4v) is 4.31. The van der Waals surface area contributed by atoms with Gasteiger partial charge in [0.15, 0.2) is 0 Å². The summed E-state index contributed by atoms with van der Waals surface area (Å²) in [6.45, 7) is 5.36. The maximum Gasteiger partial charge on any atom is 0.0897 e. The Morgan fingerprint density at radius 2 is 2.35 bits per heavy atom. The third kappa shape index (κ3) is 3.70. The molecule has 0 unspecified atom stereocenters. The molecule has 0 spiro atoms. The minimum Gasteiger partial charge on any atom is -0.298 e. The van der Waals surface area contributed by atoms with Crippen molar-refractivity contribution in [3.8, 4) is 0 Å². The van der Waals surface area contributed by atoms with Crippen molar-refractivity contribution in [1.29, 1.82) is 0 Å². The molecule has 0 N–H and O–H groups in total. The Morgan fingerprint density at radius 1 is 1.53 bits per heavy atom. The second-order valence-corrected chi connectivity index (χ2v) is 7.46. The summed E-state index contributed by atoms with van der Waals surface area (Å²) in [5.41, 5.74) is 1.24. The van der Waals surface area contributed by atoms with Crippen LogP contribution in [-0.4, -0.2) is 34.0 Å². The summed E-state index contributed by atoms with van der Waals surface area (Å²) in [5, 5.41) is 4.27. The van der Waals surface area contributed by atoms with Crippen LogP contribution in [0.15, 0.2) is 5.38 Å². The fourth-order valence-electron chi connectivity index (χ4n) is 2.57. The summed E-state index contributed by atoms with van der Waals surface area (Å²) in [6.07, 6.45) is 4.11. The quantitative estimate of drug-likeness (QED) is 0.814. The molecule has 0 bridgehead atoms. The molecule has 1 aliphatic carbocycles. The Balaban J connectivity index is 1.82. The van der Waals surface area contributed by atoms with Gasteiger partial charge in [0.25, 0.3) is 0 Å². The molecule has 96 valence electrons. The average Bonchev–Trinajstić information content (AvgIpc) is 2.88. The van der Waals surface area contributed by atoms with Crippen molar-refractivity contribution in [2.45, 2.75) is 50.9 Å². The predicted octanol–water partition coefficient (Wildman–Crippen LogP) is 3.56. The van der Waals surface area contributed by atoms with Gasteiger partial charge >= 0.3 is 0 Å². The monoisotopic (exact) mass is 270 g/mol. The molecule has 4 heteroatoms. The van der Waals surface area contributed by atoms with Crippen molar-refractivity contribution in [1.82, 2.24) is 9.88 Å². The van der Waals surface area contributed by atoms with E-state index in [1.165, 1.54) is 35.7 Å². The van der Waals surface area contributed by atoms with E-state index in [1.54, 1.807) is 11.3 Å². The third-order valence-electron chi connectivity index (χ3n) is 3.46. The van der Waals surface area contributed by atoms with Gasteiger partial charge in [-0.3, -0.25) is 4.90 Å². The molecule has 0 aromatic carbocycles. The molecule has 1 fully saturated rings. The number of aryl methyl sites for hydroxylation is 1. The van der Waals surface area contributed by atoms with E-state index in [4.69, 9.17) is 0 Å². The zero-order valence-corrected chi connectivity index (χ0v) is 12.6. The average molecular weight is 270 g/mol. The first-order valence-electron chi connectivity index (χ1n) is 6.42. The number of hydrogen-bond acceptors (Lipinski definition) is 4. The van der Waals surface area contributed by atoms with Crippen molar-refractivity contribution >= 4 is 23.1 Å². The first kappa shape index (κ1) is 13.4. The maximum atomic E-state index is 4.55. The van der Waals surface area contributed by atoms with E-state index in [2.05, 4.69) is 47.9 Å². The van der Waals surface area contributed by atoms with Crippen LogP contribution >= 0.6 is 23.1 Å². The number of hydrogen-bond donors (Lipinski definition) is 0. The van der Waals surface area contributed by atoms with E-state index < -0.39 is 0 Å². The second kappa shape index (κ2) is 6.21.